The zero-order valence-corrected chi connectivity index (χ0v) is 14.6. The normalized spacial score (nSPS) is 21.5. The van der Waals surface area contributed by atoms with E-state index in [-0.39, 0.29) is 10.1 Å². The molecule has 2 aliphatic rings. The van der Waals surface area contributed by atoms with Gasteiger partial charge in [0.05, 0.1) is 15.6 Å². The van der Waals surface area contributed by atoms with Crippen molar-refractivity contribution in [2.24, 2.45) is 0 Å². The fourth-order valence-corrected chi connectivity index (χ4v) is 6.13. The number of sulfone groups is 1. The Morgan fingerprint density at radius 3 is 2.32 bits per heavy atom. The van der Waals surface area contributed by atoms with Crippen molar-refractivity contribution in [3.8, 4) is 0 Å². The molecule has 1 N–H and O–H groups in total. The van der Waals surface area contributed by atoms with E-state index >= 15 is 0 Å². The van der Waals surface area contributed by atoms with Crippen LogP contribution in [0.1, 0.15) is 50.5 Å². The molecule has 0 bridgehead atoms. The highest BCUT2D eigenvalue weighted by molar-refractivity contribution is 9.10. The average Bonchev–Trinajstić information content (AvgIpc) is 3.32. The summed E-state index contributed by atoms with van der Waals surface area (Å²) in [6.45, 7) is 0. The fourth-order valence-electron chi connectivity index (χ4n) is 3.37. The van der Waals surface area contributed by atoms with Crippen molar-refractivity contribution >= 4 is 31.7 Å². The van der Waals surface area contributed by atoms with Gasteiger partial charge in [0.15, 0.2) is 9.84 Å². The second-order valence-corrected chi connectivity index (χ2v) is 9.39. The van der Waals surface area contributed by atoms with Gasteiger partial charge in [-0.3, -0.25) is 4.79 Å². The second kappa shape index (κ2) is 5.64. The van der Waals surface area contributed by atoms with E-state index in [1.165, 1.54) is 0 Å². The smallest absolute Gasteiger partial charge is 0.314 e. The lowest BCUT2D eigenvalue weighted by molar-refractivity contribution is -0.145. The largest absolute Gasteiger partial charge is 0.481 e. The standard InChI is InChI=1S/C16H19BrO4S/c17-13-10-11(16(15(18)19)8-2-1-3-9-16)4-7-14(13)22(20,21)12-5-6-12/h4,7,10,12H,1-3,5-6,8-9H2,(H,18,19). The Morgan fingerprint density at radius 2 is 1.82 bits per heavy atom. The number of benzene rings is 1. The van der Waals surface area contributed by atoms with E-state index in [1.807, 2.05) is 0 Å². The average molecular weight is 387 g/mol. The minimum atomic E-state index is -3.28. The summed E-state index contributed by atoms with van der Waals surface area (Å²) in [5.41, 5.74) is -0.163. The van der Waals surface area contributed by atoms with Crippen LogP contribution in [-0.2, 0) is 20.0 Å². The number of hydrogen-bond donors (Lipinski definition) is 1. The molecule has 2 fully saturated rings. The van der Waals surface area contributed by atoms with Gasteiger partial charge in [0.25, 0.3) is 0 Å². The van der Waals surface area contributed by atoms with Crippen molar-refractivity contribution < 1.29 is 18.3 Å². The van der Waals surface area contributed by atoms with E-state index in [2.05, 4.69) is 15.9 Å². The van der Waals surface area contributed by atoms with Crippen molar-refractivity contribution in [2.75, 3.05) is 0 Å². The Bertz CT molecular complexity index is 701. The molecular formula is C16H19BrO4S. The molecule has 22 heavy (non-hydrogen) atoms. The Hall–Kier alpha value is -0.880. The quantitative estimate of drug-likeness (QED) is 0.856. The number of rotatable bonds is 4. The molecule has 0 saturated heterocycles. The predicted octanol–water partition coefficient (Wildman–Crippen LogP) is 3.67. The van der Waals surface area contributed by atoms with Crippen molar-refractivity contribution in [3.63, 3.8) is 0 Å². The Balaban J connectivity index is 2.02. The number of carboxylic acid groups (broad SMARTS) is 1. The van der Waals surface area contributed by atoms with Crippen LogP contribution >= 0.6 is 15.9 Å². The van der Waals surface area contributed by atoms with Gasteiger partial charge in [0.1, 0.15) is 0 Å². The van der Waals surface area contributed by atoms with Gasteiger partial charge >= 0.3 is 5.97 Å². The molecule has 0 radical (unpaired) electrons. The molecule has 0 unspecified atom stereocenters. The first-order chi connectivity index (χ1) is 10.4. The van der Waals surface area contributed by atoms with Gasteiger partial charge in [-0.2, -0.15) is 0 Å². The summed E-state index contributed by atoms with van der Waals surface area (Å²) in [4.78, 5) is 12.1. The van der Waals surface area contributed by atoms with Crippen molar-refractivity contribution in [1.82, 2.24) is 0 Å². The van der Waals surface area contributed by atoms with Gasteiger partial charge in [-0.1, -0.05) is 25.3 Å². The monoisotopic (exact) mass is 386 g/mol. The number of hydrogen-bond acceptors (Lipinski definition) is 3. The van der Waals surface area contributed by atoms with E-state index in [4.69, 9.17) is 0 Å². The van der Waals surface area contributed by atoms with Gasteiger partial charge < -0.3 is 5.11 Å². The predicted molar refractivity (Wildman–Crippen MR) is 86.7 cm³/mol. The third kappa shape index (κ3) is 2.60. The van der Waals surface area contributed by atoms with Crippen LogP contribution in [0.2, 0.25) is 0 Å². The number of halogens is 1. The molecule has 0 aromatic heterocycles. The third-order valence-electron chi connectivity index (χ3n) is 4.87. The van der Waals surface area contributed by atoms with Crippen LogP contribution in [0.25, 0.3) is 0 Å². The molecule has 0 atom stereocenters. The van der Waals surface area contributed by atoms with E-state index in [0.29, 0.717) is 22.9 Å². The van der Waals surface area contributed by atoms with Gasteiger partial charge in [-0.15, -0.1) is 0 Å². The van der Waals surface area contributed by atoms with Crippen LogP contribution in [0.15, 0.2) is 27.6 Å². The van der Waals surface area contributed by atoms with Crippen LogP contribution in [-0.4, -0.2) is 24.7 Å². The molecule has 6 heteroatoms. The molecule has 0 aliphatic heterocycles. The molecule has 2 aliphatic carbocycles. The lowest BCUT2D eigenvalue weighted by Crippen LogP contribution is -2.37. The summed E-state index contributed by atoms with van der Waals surface area (Å²) >= 11 is 3.35. The molecule has 4 nitrogen and oxygen atoms in total. The summed E-state index contributed by atoms with van der Waals surface area (Å²) in [6, 6.07) is 4.97. The van der Waals surface area contributed by atoms with Gasteiger partial charge in [0, 0.05) is 4.47 Å². The van der Waals surface area contributed by atoms with Crippen LogP contribution < -0.4 is 0 Å². The summed E-state index contributed by atoms with van der Waals surface area (Å²) in [7, 11) is -3.28. The molecule has 1 aromatic carbocycles. The van der Waals surface area contributed by atoms with E-state index in [0.717, 1.165) is 32.1 Å². The fraction of sp³-hybridized carbons (Fsp3) is 0.562. The highest BCUT2D eigenvalue weighted by atomic mass is 79.9. The summed E-state index contributed by atoms with van der Waals surface area (Å²) < 4.78 is 25.2. The van der Waals surface area contributed by atoms with E-state index in [1.54, 1.807) is 18.2 Å². The number of carbonyl (C=O) groups is 1. The first kappa shape index (κ1) is 16.0. The highest BCUT2D eigenvalue weighted by Crippen LogP contribution is 2.43. The molecule has 0 spiro atoms. The minimum absolute atomic E-state index is 0.266. The second-order valence-electron chi connectivity index (χ2n) is 6.34. The molecular weight excluding hydrogens is 368 g/mol. The Kier molecular flexibility index (Phi) is 4.10. The Morgan fingerprint density at radius 1 is 1.18 bits per heavy atom. The maximum Gasteiger partial charge on any atom is 0.314 e. The minimum Gasteiger partial charge on any atom is -0.481 e. The van der Waals surface area contributed by atoms with E-state index in [9.17, 15) is 18.3 Å². The highest BCUT2D eigenvalue weighted by Gasteiger charge is 2.42. The maximum absolute atomic E-state index is 12.4. The maximum atomic E-state index is 12.4. The zero-order chi connectivity index (χ0) is 16.0. The summed E-state index contributed by atoms with van der Waals surface area (Å²) in [6.07, 6.45) is 5.51. The lowest BCUT2D eigenvalue weighted by atomic mass is 9.69. The first-order valence-electron chi connectivity index (χ1n) is 7.65. The molecule has 2 saturated carbocycles. The number of aliphatic carboxylic acids is 1. The van der Waals surface area contributed by atoms with Gasteiger partial charge in [-0.05, 0) is 59.3 Å². The first-order valence-corrected chi connectivity index (χ1v) is 9.99. The van der Waals surface area contributed by atoms with Crippen molar-refractivity contribution in [2.45, 2.75) is 60.5 Å². The third-order valence-corrected chi connectivity index (χ3v) is 8.11. The summed E-state index contributed by atoms with van der Waals surface area (Å²) in [5, 5.41) is 9.46. The zero-order valence-electron chi connectivity index (χ0n) is 12.2. The van der Waals surface area contributed by atoms with Crippen molar-refractivity contribution in [3.05, 3.63) is 28.2 Å². The van der Waals surface area contributed by atoms with E-state index < -0.39 is 21.2 Å². The molecule has 0 amide bonds. The topological polar surface area (TPSA) is 71.4 Å². The number of carboxylic acids is 1. The Labute approximate surface area is 139 Å². The molecule has 1 aromatic rings. The van der Waals surface area contributed by atoms with Crippen LogP contribution in [0, 0.1) is 0 Å². The van der Waals surface area contributed by atoms with Crippen LogP contribution in [0.5, 0.6) is 0 Å². The van der Waals surface area contributed by atoms with Crippen LogP contribution in [0.4, 0.5) is 0 Å². The SMILES string of the molecule is O=C(O)C1(c2ccc(S(=O)(=O)C3CC3)c(Br)c2)CCCCC1. The van der Waals surface area contributed by atoms with Gasteiger partial charge in [-0.25, -0.2) is 8.42 Å². The molecule has 120 valence electrons. The summed E-state index contributed by atoms with van der Waals surface area (Å²) in [5.74, 6) is -0.808. The van der Waals surface area contributed by atoms with Crippen LogP contribution in [0.3, 0.4) is 0 Å². The lowest BCUT2D eigenvalue weighted by Gasteiger charge is -2.34. The van der Waals surface area contributed by atoms with Crippen molar-refractivity contribution in [1.29, 1.82) is 0 Å². The molecule has 3 rings (SSSR count). The molecule has 0 heterocycles. The van der Waals surface area contributed by atoms with Gasteiger partial charge in [0.2, 0.25) is 0 Å².